The van der Waals surface area contributed by atoms with E-state index in [9.17, 15) is 25.9 Å². The van der Waals surface area contributed by atoms with Gasteiger partial charge in [-0.3, -0.25) is 8.37 Å². The molecule has 0 unspecified atom stereocenters. The third-order valence-electron chi connectivity index (χ3n) is 7.45. The van der Waals surface area contributed by atoms with Crippen LogP contribution in [0.2, 0.25) is 0 Å². The summed E-state index contributed by atoms with van der Waals surface area (Å²) < 4.78 is 69.4. The molecular weight excluding hydrogens is 601 g/mol. The maximum atomic E-state index is 10.2. The minimum atomic E-state index is -4.49. The van der Waals surface area contributed by atoms with Crippen molar-refractivity contribution < 1.29 is 34.3 Å². The first-order chi connectivity index (χ1) is 20.1. The van der Waals surface area contributed by atoms with Gasteiger partial charge in [-0.15, -0.1) is 0 Å². The van der Waals surface area contributed by atoms with Crippen molar-refractivity contribution in [2.75, 3.05) is 13.2 Å². The van der Waals surface area contributed by atoms with E-state index in [1.54, 1.807) is 0 Å². The second-order valence-electron chi connectivity index (χ2n) is 11.7. The smallest absolute Gasteiger partial charge is 0.726 e. The summed E-state index contributed by atoms with van der Waals surface area (Å²) in [5.41, 5.74) is 0. The summed E-state index contributed by atoms with van der Waals surface area (Å²) in [5.74, 6) is 0. The molecule has 0 aliphatic rings. The number of rotatable bonds is 32. The van der Waals surface area contributed by atoms with Crippen molar-refractivity contribution in [2.24, 2.45) is 0 Å². The van der Waals surface area contributed by atoms with Crippen LogP contribution in [0, 0.1) is 0 Å². The fraction of sp³-hybridized carbons (Fsp3) is 1.00. The fourth-order valence-electron chi connectivity index (χ4n) is 4.92. The third kappa shape index (κ3) is 52.3. The second kappa shape index (κ2) is 37.0. The van der Waals surface area contributed by atoms with E-state index in [2.05, 4.69) is 22.2 Å². The Morgan fingerprint density at radius 3 is 0.674 bits per heavy atom. The molecular formula is C32H66MgO8S2. The van der Waals surface area contributed by atoms with Crippen LogP contribution in [0.25, 0.3) is 0 Å². The van der Waals surface area contributed by atoms with E-state index in [-0.39, 0.29) is 36.3 Å². The molecule has 256 valence electrons. The summed E-state index contributed by atoms with van der Waals surface area (Å²) in [4.78, 5) is 0. The van der Waals surface area contributed by atoms with Crippen molar-refractivity contribution in [3.05, 3.63) is 0 Å². The number of unbranched alkanes of at least 4 members (excludes halogenated alkanes) is 26. The molecule has 0 N–H and O–H groups in total. The largest absolute Gasteiger partial charge is 2.00 e. The molecule has 0 amide bonds. The van der Waals surface area contributed by atoms with Gasteiger partial charge in [0.05, 0.1) is 13.2 Å². The van der Waals surface area contributed by atoms with E-state index < -0.39 is 20.8 Å². The van der Waals surface area contributed by atoms with Gasteiger partial charge in [-0.2, -0.15) is 0 Å². The molecule has 11 heteroatoms. The fourth-order valence-corrected chi connectivity index (χ4v) is 5.56. The van der Waals surface area contributed by atoms with E-state index in [4.69, 9.17) is 0 Å². The first-order valence-electron chi connectivity index (χ1n) is 17.3. The minimum Gasteiger partial charge on any atom is -0.726 e. The van der Waals surface area contributed by atoms with Crippen LogP contribution < -0.4 is 0 Å². The van der Waals surface area contributed by atoms with Gasteiger partial charge in [-0.1, -0.05) is 181 Å². The number of hydrogen-bond donors (Lipinski definition) is 0. The van der Waals surface area contributed by atoms with Gasteiger partial charge >= 0.3 is 23.1 Å². The van der Waals surface area contributed by atoms with E-state index in [0.717, 1.165) is 25.7 Å². The molecule has 0 aromatic rings. The van der Waals surface area contributed by atoms with Crippen LogP contribution >= 0.6 is 0 Å². The minimum absolute atomic E-state index is 0. The van der Waals surface area contributed by atoms with Crippen molar-refractivity contribution in [1.82, 2.24) is 0 Å². The maximum Gasteiger partial charge on any atom is 2.00 e. The monoisotopic (exact) mass is 666 g/mol. The SMILES string of the molecule is CCCCCCCCCCCCCCCCOS(=O)(=O)[O-].CCCCCCCCCCCCCCCCOS(=O)(=O)[O-].[Mg+2]. The molecule has 0 saturated heterocycles. The molecule has 0 aliphatic heterocycles. The molecule has 0 aromatic heterocycles. The topological polar surface area (TPSA) is 133 Å². The molecule has 0 radical (unpaired) electrons. The van der Waals surface area contributed by atoms with Crippen LogP contribution in [0.5, 0.6) is 0 Å². The van der Waals surface area contributed by atoms with Crippen LogP contribution in [0.3, 0.4) is 0 Å². The van der Waals surface area contributed by atoms with Crippen molar-refractivity contribution in [1.29, 1.82) is 0 Å². The first kappa shape index (κ1) is 47.9. The molecule has 8 nitrogen and oxygen atoms in total. The Balaban J connectivity index is -0.000000727. The van der Waals surface area contributed by atoms with Crippen LogP contribution in [0.15, 0.2) is 0 Å². The van der Waals surface area contributed by atoms with E-state index >= 15 is 0 Å². The van der Waals surface area contributed by atoms with E-state index in [1.165, 1.54) is 141 Å². The van der Waals surface area contributed by atoms with Gasteiger partial charge in [0.25, 0.3) is 0 Å². The van der Waals surface area contributed by atoms with Crippen LogP contribution in [0.4, 0.5) is 0 Å². The Morgan fingerprint density at radius 1 is 0.349 bits per heavy atom. The van der Waals surface area contributed by atoms with Crippen molar-refractivity contribution in [2.45, 2.75) is 194 Å². The average Bonchev–Trinajstić information content (AvgIpc) is 2.92. The Morgan fingerprint density at radius 2 is 0.512 bits per heavy atom. The van der Waals surface area contributed by atoms with Gasteiger partial charge in [0.15, 0.2) is 0 Å². The Bertz CT molecular complexity index is 672. The maximum absolute atomic E-state index is 10.2. The molecule has 0 fully saturated rings. The summed E-state index contributed by atoms with van der Waals surface area (Å²) in [7, 11) is -8.98. The molecule has 0 saturated carbocycles. The van der Waals surface area contributed by atoms with Gasteiger partial charge in [0.2, 0.25) is 20.8 Å². The summed E-state index contributed by atoms with van der Waals surface area (Å²) in [6, 6.07) is 0. The average molecular weight is 667 g/mol. The molecule has 0 heterocycles. The molecule has 0 atom stereocenters. The predicted molar refractivity (Wildman–Crippen MR) is 178 cm³/mol. The molecule has 0 rings (SSSR count). The quantitative estimate of drug-likeness (QED) is 0.0300. The zero-order valence-corrected chi connectivity index (χ0v) is 31.0. The molecule has 0 aliphatic carbocycles. The van der Waals surface area contributed by atoms with E-state index in [1.807, 2.05) is 0 Å². The Labute approximate surface area is 283 Å². The second-order valence-corrected chi connectivity index (χ2v) is 13.8. The van der Waals surface area contributed by atoms with Crippen LogP contribution in [0.1, 0.15) is 194 Å². The number of hydrogen-bond acceptors (Lipinski definition) is 8. The summed E-state index contributed by atoms with van der Waals surface area (Å²) >= 11 is 0. The summed E-state index contributed by atoms with van der Waals surface area (Å²) in [5, 5.41) is 0. The van der Waals surface area contributed by atoms with Gasteiger partial charge in [0.1, 0.15) is 0 Å². The van der Waals surface area contributed by atoms with Gasteiger partial charge < -0.3 is 9.11 Å². The molecule has 0 aromatic carbocycles. The summed E-state index contributed by atoms with van der Waals surface area (Å²) in [6.07, 6.45) is 34.8. The standard InChI is InChI=1S/2C16H34O4S.Mg/c2*1-2-3-4-5-6-7-8-9-10-11-12-13-14-15-16-20-21(17,18)19;/h2*2-16H2,1H3,(H,17,18,19);/q;;+2/p-2. The predicted octanol–water partition coefficient (Wildman–Crippen LogP) is 9.51. The van der Waals surface area contributed by atoms with Gasteiger partial charge in [-0.25, -0.2) is 16.8 Å². The molecule has 0 spiro atoms. The van der Waals surface area contributed by atoms with Crippen molar-refractivity contribution in [3.63, 3.8) is 0 Å². The summed E-state index contributed by atoms with van der Waals surface area (Å²) in [6.45, 7) is 4.56. The zero-order chi connectivity index (χ0) is 31.6. The third-order valence-corrected chi connectivity index (χ3v) is 8.36. The Kier molecular flexibility index (Phi) is 41.2. The Hall–Kier alpha value is 0.506. The van der Waals surface area contributed by atoms with Crippen LogP contribution in [-0.2, 0) is 29.2 Å². The molecule has 0 bridgehead atoms. The normalized spacial score (nSPS) is 11.6. The van der Waals surface area contributed by atoms with Crippen molar-refractivity contribution in [3.8, 4) is 0 Å². The van der Waals surface area contributed by atoms with Crippen molar-refractivity contribution >= 4 is 43.9 Å². The van der Waals surface area contributed by atoms with Crippen LogP contribution in [-0.4, -0.2) is 62.2 Å². The molecule has 43 heavy (non-hydrogen) atoms. The first-order valence-corrected chi connectivity index (χ1v) is 20.0. The van der Waals surface area contributed by atoms with E-state index in [0.29, 0.717) is 12.8 Å². The zero-order valence-electron chi connectivity index (χ0n) is 28.0. The van der Waals surface area contributed by atoms with Gasteiger partial charge in [0, 0.05) is 0 Å². The van der Waals surface area contributed by atoms with Gasteiger partial charge in [-0.05, 0) is 12.8 Å².